The van der Waals surface area contributed by atoms with Crippen LogP contribution in [0.3, 0.4) is 0 Å². The Hall–Kier alpha value is -2.57. The fourth-order valence-electron chi connectivity index (χ4n) is 2.01. The number of ether oxygens (including phenoxy) is 1. The van der Waals surface area contributed by atoms with Crippen molar-refractivity contribution in [1.29, 1.82) is 0 Å². The molecule has 2 heteroatoms. The van der Waals surface area contributed by atoms with E-state index < -0.39 is 0 Å². The third-order valence-electron chi connectivity index (χ3n) is 3.17. The first-order valence-corrected chi connectivity index (χ1v) is 7.51. The Morgan fingerprint density at radius 1 is 1.05 bits per heavy atom. The maximum Gasteiger partial charge on any atom is 0.342 e. The van der Waals surface area contributed by atoms with Crippen LogP contribution in [0.1, 0.15) is 30.9 Å². The van der Waals surface area contributed by atoms with E-state index in [2.05, 4.69) is 5.73 Å². The van der Waals surface area contributed by atoms with Gasteiger partial charge in [-0.15, -0.1) is 5.73 Å². The summed E-state index contributed by atoms with van der Waals surface area (Å²) < 4.78 is 5.37. The molecule has 0 heterocycles. The van der Waals surface area contributed by atoms with Crippen LogP contribution >= 0.6 is 0 Å². The van der Waals surface area contributed by atoms with Gasteiger partial charge in [0.05, 0.1) is 5.57 Å². The molecule has 0 aliphatic rings. The number of carbonyl (C=O) groups is 1. The van der Waals surface area contributed by atoms with Gasteiger partial charge in [-0.05, 0) is 23.6 Å². The molecular weight excluding hydrogens is 272 g/mol. The van der Waals surface area contributed by atoms with Gasteiger partial charge in [-0.2, -0.15) is 0 Å². The van der Waals surface area contributed by atoms with Crippen LogP contribution in [0.5, 0.6) is 0 Å². The number of hydrogen-bond donors (Lipinski definition) is 0. The van der Waals surface area contributed by atoms with Gasteiger partial charge in [-0.1, -0.05) is 74.0 Å². The summed E-state index contributed by atoms with van der Waals surface area (Å²) in [7, 11) is 0. The zero-order valence-electron chi connectivity index (χ0n) is 12.8. The summed E-state index contributed by atoms with van der Waals surface area (Å²) in [4.78, 5) is 12.2. The average molecular weight is 292 g/mol. The largest absolute Gasteiger partial charge is 0.457 e. The fraction of sp³-hybridized carbons (Fsp3) is 0.200. The lowest BCUT2D eigenvalue weighted by molar-refractivity contribution is -0.140. The SMILES string of the molecule is CCCC(=C=Cc1ccccc1)C(=O)OCc1ccccc1. The highest BCUT2D eigenvalue weighted by molar-refractivity contribution is 5.88. The van der Waals surface area contributed by atoms with Gasteiger partial charge in [0, 0.05) is 0 Å². The van der Waals surface area contributed by atoms with E-state index in [0.717, 1.165) is 17.5 Å². The monoisotopic (exact) mass is 292 g/mol. The zero-order chi connectivity index (χ0) is 15.6. The average Bonchev–Trinajstić information content (AvgIpc) is 2.58. The second kappa shape index (κ2) is 8.66. The molecule has 0 spiro atoms. The first-order chi connectivity index (χ1) is 10.8. The Morgan fingerprint density at radius 3 is 2.32 bits per heavy atom. The van der Waals surface area contributed by atoms with Crippen LogP contribution in [0.25, 0.3) is 6.08 Å². The maximum absolute atomic E-state index is 12.2. The molecule has 0 fully saturated rings. The van der Waals surface area contributed by atoms with E-state index in [1.807, 2.05) is 73.7 Å². The van der Waals surface area contributed by atoms with Gasteiger partial charge in [0.15, 0.2) is 0 Å². The Morgan fingerprint density at radius 2 is 1.68 bits per heavy atom. The molecular formula is C20H20O2. The molecule has 112 valence electrons. The Labute approximate surface area is 131 Å². The molecule has 2 aromatic carbocycles. The summed E-state index contributed by atoms with van der Waals surface area (Å²) in [5.74, 6) is -0.294. The second-order valence-electron chi connectivity index (χ2n) is 4.99. The highest BCUT2D eigenvalue weighted by Gasteiger charge is 2.09. The van der Waals surface area contributed by atoms with Crippen LogP contribution in [0.15, 0.2) is 72.0 Å². The molecule has 0 N–H and O–H groups in total. The minimum Gasteiger partial charge on any atom is -0.457 e. The highest BCUT2D eigenvalue weighted by Crippen LogP contribution is 2.10. The van der Waals surface area contributed by atoms with Crippen LogP contribution in [0.4, 0.5) is 0 Å². The molecule has 0 aliphatic heterocycles. The van der Waals surface area contributed by atoms with Crippen molar-refractivity contribution in [2.75, 3.05) is 0 Å². The van der Waals surface area contributed by atoms with E-state index in [0.29, 0.717) is 18.6 Å². The Balaban J connectivity index is 2.06. The standard InChI is InChI=1S/C20H20O2/c1-2-9-19(15-14-17-10-5-3-6-11-17)20(21)22-16-18-12-7-4-8-13-18/h3-8,10-14H,2,9,16H2,1H3. The van der Waals surface area contributed by atoms with Crippen molar-refractivity contribution in [1.82, 2.24) is 0 Å². The molecule has 0 saturated carbocycles. The first-order valence-electron chi connectivity index (χ1n) is 7.51. The summed E-state index contributed by atoms with van der Waals surface area (Å²) in [5, 5.41) is 0. The lowest BCUT2D eigenvalue weighted by atomic mass is 10.1. The van der Waals surface area contributed by atoms with Crippen molar-refractivity contribution in [3.8, 4) is 0 Å². The molecule has 0 radical (unpaired) electrons. The predicted molar refractivity (Wildman–Crippen MR) is 89.1 cm³/mol. The summed E-state index contributed by atoms with van der Waals surface area (Å²) in [6, 6.07) is 19.5. The minimum atomic E-state index is -0.294. The number of rotatable bonds is 6. The van der Waals surface area contributed by atoms with Crippen LogP contribution in [-0.4, -0.2) is 5.97 Å². The van der Waals surface area contributed by atoms with Crippen LogP contribution in [0, 0.1) is 0 Å². The summed E-state index contributed by atoms with van der Waals surface area (Å²) >= 11 is 0. The normalized spacial score (nSPS) is 9.68. The van der Waals surface area contributed by atoms with Gasteiger partial charge in [0.2, 0.25) is 0 Å². The van der Waals surface area contributed by atoms with Crippen molar-refractivity contribution in [3.63, 3.8) is 0 Å². The van der Waals surface area contributed by atoms with Gasteiger partial charge in [0.1, 0.15) is 6.61 Å². The summed E-state index contributed by atoms with van der Waals surface area (Å²) in [5.41, 5.74) is 5.68. The number of esters is 1. The van der Waals surface area contributed by atoms with E-state index in [1.165, 1.54) is 0 Å². The quantitative estimate of drug-likeness (QED) is 0.435. The Bertz CT molecular complexity index is 651. The number of benzene rings is 2. The molecule has 2 nitrogen and oxygen atoms in total. The minimum absolute atomic E-state index is 0.292. The van der Waals surface area contributed by atoms with Crippen LogP contribution < -0.4 is 0 Å². The van der Waals surface area contributed by atoms with Crippen molar-refractivity contribution >= 4 is 12.0 Å². The van der Waals surface area contributed by atoms with Crippen molar-refractivity contribution < 1.29 is 9.53 Å². The lowest BCUT2D eigenvalue weighted by Gasteiger charge is -2.06. The van der Waals surface area contributed by atoms with Gasteiger partial charge in [0.25, 0.3) is 0 Å². The van der Waals surface area contributed by atoms with Crippen LogP contribution in [-0.2, 0) is 16.1 Å². The van der Waals surface area contributed by atoms with E-state index in [4.69, 9.17) is 4.74 Å². The van der Waals surface area contributed by atoms with Gasteiger partial charge >= 0.3 is 5.97 Å². The summed E-state index contributed by atoms with van der Waals surface area (Å²) in [6.07, 6.45) is 3.37. The fourth-order valence-corrected chi connectivity index (χ4v) is 2.01. The van der Waals surface area contributed by atoms with Crippen molar-refractivity contribution in [3.05, 3.63) is 83.1 Å². The molecule has 0 atom stereocenters. The third kappa shape index (κ3) is 5.08. The van der Waals surface area contributed by atoms with E-state index in [9.17, 15) is 4.79 Å². The van der Waals surface area contributed by atoms with E-state index in [1.54, 1.807) is 0 Å². The molecule has 2 rings (SSSR count). The van der Waals surface area contributed by atoms with E-state index in [-0.39, 0.29) is 5.97 Å². The molecule has 0 aromatic heterocycles. The topological polar surface area (TPSA) is 26.3 Å². The highest BCUT2D eigenvalue weighted by atomic mass is 16.5. The molecule has 22 heavy (non-hydrogen) atoms. The molecule has 0 saturated heterocycles. The number of carbonyl (C=O) groups excluding carboxylic acids is 1. The van der Waals surface area contributed by atoms with Gasteiger partial charge in [-0.25, -0.2) is 4.79 Å². The first kappa shape index (κ1) is 15.8. The van der Waals surface area contributed by atoms with Crippen molar-refractivity contribution in [2.24, 2.45) is 0 Å². The number of hydrogen-bond acceptors (Lipinski definition) is 2. The molecule has 0 bridgehead atoms. The van der Waals surface area contributed by atoms with Gasteiger partial charge < -0.3 is 4.74 Å². The Kier molecular flexibility index (Phi) is 6.22. The molecule has 0 amide bonds. The van der Waals surface area contributed by atoms with Gasteiger partial charge in [-0.3, -0.25) is 0 Å². The third-order valence-corrected chi connectivity index (χ3v) is 3.17. The van der Waals surface area contributed by atoms with Crippen molar-refractivity contribution in [2.45, 2.75) is 26.4 Å². The maximum atomic E-state index is 12.2. The predicted octanol–water partition coefficient (Wildman–Crippen LogP) is 4.77. The molecule has 0 unspecified atom stereocenters. The lowest BCUT2D eigenvalue weighted by Crippen LogP contribution is -2.07. The molecule has 0 aliphatic carbocycles. The second-order valence-corrected chi connectivity index (χ2v) is 4.99. The van der Waals surface area contributed by atoms with Crippen LogP contribution in [0.2, 0.25) is 0 Å². The van der Waals surface area contributed by atoms with E-state index >= 15 is 0 Å². The molecule has 2 aromatic rings. The zero-order valence-corrected chi connectivity index (χ0v) is 12.8. The summed E-state index contributed by atoms with van der Waals surface area (Å²) in [6.45, 7) is 2.33. The smallest absolute Gasteiger partial charge is 0.342 e.